The van der Waals surface area contributed by atoms with E-state index in [1.807, 2.05) is 0 Å². The first-order chi connectivity index (χ1) is 8.58. The number of rotatable bonds is 2. The minimum atomic E-state index is -0.646. The normalized spacial score (nSPS) is 10.2. The van der Waals surface area contributed by atoms with Crippen molar-refractivity contribution >= 4 is 34.8 Å². The molecule has 0 aliphatic carbocycles. The highest BCUT2D eigenvalue weighted by Gasteiger charge is 2.10. The molecule has 6 heteroatoms. The van der Waals surface area contributed by atoms with Crippen molar-refractivity contribution in [2.75, 3.05) is 5.32 Å². The summed E-state index contributed by atoms with van der Waals surface area (Å²) < 4.78 is 12.6. The highest BCUT2D eigenvalue weighted by atomic mass is 35.5. The summed E-state index contributed by atoms with van der Waals surface area (Å²) in [5.41, 5.74) is 0.617. The summed E-state index contributed by atoms with van der Waals surface area (Å²) in [6.07, 6.45) is 1.14. The van der Waals surface area contributed by atoms with Crippen LogP contribution in [0.1, 0.15) is 10.4 Å². The molecule has 1 amide bonds. The Labute approximate surface area is 113 Å². The number of carbonyl (C=O) groups excluding carboxylic acids is 1. The lowest BCUT2D eigenvalue weighted by Gasteiger charge is -2.07. The molecule has 92 valence electrons. The summed E-state index contributed by atoms with van der Waals surface area (Å²) in [4.78, 5) is 15.2. The van der Waals surface area contributed by atoms with Crippen molar-refractivity contribution in [3.8, 4) is 0 Å². The molecule has 1 heterocycles. The molecule has 3 nitrogen and oxygen atoms in total. The molecule has 1 aromatic heterocycles. The van der Waals surface area contributed by atoms with Gasteiger partial charge < -0.3 is 5.32 Å². The third kappa shape index (κ3) is 2.78. The number of anilines is 1. The largest absolute Gasteiger partial charge is 0.321 e. The van der Waals surface area contributed by atoms with Gasteiger partial charge in [0.15, 0.2) is 0 Å². The molecule has 18 heavy (non-hydrogen) atoms. The lowest BCUT2D eigenvalue weighted by Crippen LogP contribution is -2.12. The van der Waals surface area contributed by atoms with Crippen molar-refractivity contribution in [1.82, 2.24) is 4.98 Å². The Morgan fingerprint density at radius 3 is 2.67 bits per heavy atom. The SMILES string of the molecule is O=C(Nc1cccc(Cl)c1Cl)c1ccc(F)nc1. The number of amides is 1. The molecule has 0 spiro atoms. The third-order valence-corrected chi connectivity index (χ3v) is 3.01. The smallest absolute Gasteiger partial charge is 0.257 e. The number of aromatic nitrogens is 1. The van der Waals surface area contributed by atoms with E-state index in [4.69, 9.17) is 23.2 Å². The molecule has 0 unspecified atom stereocenters. The van der Waals surface area contributed by atoms with Crippen LogP contribution < -0.4 is 5.32 Å². The molecule has 0 radical (unpaired) electrons. The van der Waals surface area contributed by atoms with Crippen molar-refractivity contribution in [3.05, 3.63) is 58.1 Å². The third-order valence-electron chi connectivity index (χ3n) is 2.19. The average molecular weight is 285 g/mol. The average Bonchev–Trinajstić information content (AvgIpc) is 2.36. The number of benzene rings is 1. The molecule has 0 atom stereocenters. The van der Waals surface area contributed by atoms with Crippen LogP contribution in [0, 0.1) is 5.95 Å². The second-order valence-corrected chi connectivity index (χ2v) is 4.21. The maximum atomic E-state index is 12.6. The van der Waals surface area contributed by atoms with E-state index in [0.717, 1.165) is 12.3 Å². The number of hydrogen-bond acceptors (Lipinski definition) is 2. The summed E-state index contributed by atoms with van der Waals surface area (Å²) >= 11 is 11.7. The number of nitrogens with zero attached hydrogens (tertiary/aromatic N) is 1. The van der Waals surface area contributed by atoms with Crippen LogP contribution in [0.3, 0.4) is 0 Å². The minimum Gasteiger partial charge on any atom is -0.321 e. The molecule has 0 saturated carbocycles. The van der Waals surface area contributed by atoms with Crippen molar-refractivity contribution in [3.63, 3.8) is 0 Å². The second kappa shape index (κ2) is 5.33. The predicted octanol–water partition coefficient (Wildman–Crippen LogP) is 3.78. The second-order valence-electron chi connectivity index (χ2n) is 3.43. The zero-order valence-electron chi connectivity index (χ0n) is 8.95. The van der Waals surface area contributed by atoms with E-state index >= 15 is 0 Å². The van der Waals surface area contributed by atoms with Gasteiger partial charge >= 0.3 is 0 Å². The van der Waals surface area contributed by atoms with E-state index in [2.05, 4.69) is 10.3 Å². The first-order valence-electron chi connectivity index (χ1n) is 4.95. The number of halogens is 3. The Balaban J connectivity index is 2.21. The predicted molar refractivity (Wildman–Crippen MR) is 68.6 cm³/mol. The molecule has 0 bridgehead atoms. The summed E-state index contributed by atoms with van der Waals surface area (Å²) in [7, 11) is 0. The van der Waals surface area contributed by atoms with Gasteiger partial charge in [-0.25, -0.2) is 4.98 Å². The number of carbonyl (C=O) groups is 1. The minimum absolute atomic E-state index is 0.229. The molecular formula is C12H7Cl2FN2O. The van der Waals surface area contributed by atoms with Crippen LogP contribution >= 0.6 is 23.2 Å². The lowest BCUT2D eigenvalue weighted by atomic mass is 10.2. The summed E-state index contributed by atoms with van der Waals surface area (Å²) in [5.74, 6) is -1.08. The van der Waals surface area contributed by atoms with E-state index in [1.165, 1.54) is 6.07 Å². The summed E-state index contributed by atoms with van der Waals surface area (Å²) in [6.45, 7) is 0. The van der Waals surface area contributed by atoms with Gasteiger partial charge in [0.2, 0.25) is 5.95 Å². The fourth-order valence-corrected chi connectivity index (χ4v) is 1.65. The first-order valence-corrected chi connectivity index (χ1v) is 5.70. The van der Waals surface area contributed by atoms with Crippen molar-refractivity contribution in [2.45, 2.75) is 0 Å². The molecule has 0 saturated heterocycles. The van der Waals surface area contributed by atoms with Crippen LogP contribution in [-0.4, -0.2) is 10.9 Å². The fourth-order valence-electron chi connectivity index (χ4n) is 1.30. The van der Waals surface area contributed by atoms with E-state index in [-0.39, 0.29) is 10.6 Å². The number of nitrogens with one attached hydrogen (secondary N) is 1. The van der Waals surface area contributed by atoms with Crippen LogP contribution in [0.25, 0.3) is 0 Å². The monoisotopic (exact) mass is 284 g/mol. The quantitative estimate of drug-likeness (QED) is 0.853. The van der Waals surface area contributed by atoms with E-state index in [0.29, 0.717) is 10.7 Å². The van der Waals surface area contributed by atoms with Gasteiger partial charge in [0, 0.05) is 6.20 Å². The molecule has 0 aliphatic heterocycles. The summed E-state index contributed by atoms with van der Waals surface area (Å²) in [5, 5.41) is 3.16. The standard InChI is InChI=1S/C12H7Cl2FN2O/c13-8-2-1-3-9(11(8)14)17-12(18)7-4-5-10(15)16-6-7/h1-6H,(H,17,18). The van der Waals surface area contributed by atoms with Gasteiger partial charge in [-0.15, -0.1) is 0 Å². The molecular weight excluding hydrogens is 278 g/mol. The molecule has 2 aromatic rings. The number of pyridine rings is 1. The Kier molecular flexibility index (Phi) is 3.79. The Hall–Kier alpha value is -1.65. The van der Waals surface area contributed by atoms with Crippen molar-refractivity contribution in [1.29, 1.82) is 0 Å². The van der Waals surface area contributed by atoms with Gasteiger partial charge in [-0.05, 0) is 24.3 Å². The van der Waals surface area contributed by atoms with Gasteiger partial charge in [-0.2, -0.15) is 4.39 Å². The van der Waals surface area contributed by atoms with E-state index < -0.39 is 11.9 Å². The van der Waals surface area contributed by atoms with Gasteiger partial charge in [-0.1, -0.05) is 29.3 Å². The molecule has 1 aromatic carbocycles. The Bertz CT molecular complexity index is 587. The highest BCUT2D eigenvalue weighted by Crippen LogP contribution is 2.29. The zero-order valence-corrected chi connectivity index (χ0v) is 10.5. The highest BCUT2D eigenvalue weighted by molar-refractivity contribution is 6.44. The van der Waals surface area contributed by atoms with E-state index in [9.17, 15) is 9.18 Å². The molecule has 1 N–H and O–H groups in total. The van der Waals surface area contributed by atoms with Crippen LogP contribution in [0.2, 0.25) is 10.0 Å². The van der Waals surface area contributed by atoms with Gasteiger partial charge in [0.1, 0.15) is 0 Å². The topological polar surface area (TPSA) is 42.0 Å². The van der Waals surface area contributed by atoms with Crippen LogP contribution in [0.5, 0.6) is 0 Å². The van der Waals surface area contributed by atoms with Crippen molar-refractivity contribution in [2.24, 2.45) is 0 Å². The van der Waals surface area contributed by atoms with Crippen LogP contribution in [-0.2, 0) is 0 Å². The first kappa shape index (κ1) is 12.8. The molecule has 0 aliphatic rings. The Morgan fingerprint density at radius 2 is 2.00 bits per heavy atom. The van der Waals surface area contributed by atoms with Crippen LogP contribution in [0.4, 0.5) is 10.1 Å². The maximum absolute atomic E-state index is 12.6. The summed E-state index contributed by atoms with van der Waals surface area (Å²) in [6, 6.07) is 7.32. The molecule has 0 fully saturated rings. The van der Waals surface area contributed by atoms with Crippen LogP contribution in [0.15, 0.2) is 36.5 Å². The van der Waals surface area contributed by atoms with Crippen molar-refractivity contribution < 1.29 is 9.18 Å². The van der Waals surface area contributed by atoms with E-state index in [1.54, 1.807) is 18.2 Å². The number of hydrogen-bond donors (Lipinski definition) is 1. The molecule has 2 rings (SSSR count). The van der Waals surface area contributed by atoms with Gasteiger partial charge in [-0.3, -0.25) is 4.79 Å². The zero-order chi connectivity index (χ0) is 13.1. The van der Waals surface area contributed by atoms with Gasteiger partial charge in [0.05, 0.1) is 21.3 Å². The Morgan fingerprint density at radius 1 is 1.22 bits per heavy atom. The lowest BCUT2D eigenvalue weighted by molar-refractivity contribution is 0.102. The fraction of sp³-hybridized carbons (Fsp3) is 0. The maximum Gasteiger partial charge on any atom is 0.257 e. The van der Waals surface area contributed by atoms with Gasteiger partial charge in [0.25, 0.3) is 5.91 Å².